The van der Waals surface area contributed by atoms with Crippen molar-refractivity contribution in [3.63, 3.8) is 0 Å². The van der Waals surface area contributed by atoms with Gasteiger partial charge in [0.2, 0.25) is 5.91 Å². The zero-order valence-electron chi connectivity index (χ0n) is 23.5. The molecule has 1 aliphatic heterocycles. The molecule has 0 radical (unpaired) electrons. The molecule has 2 aliphatic rings. The average molecular weight is 550 g/mol. The van der Waals surface area contributed by atoms with Crippen LogP contribution in [0.25, 0.3) is 0 Å². The highest BCUT2D eigenvalue weighted by Gasteiger charge is 2.50. The van der Waals surface area contributed by atoms with Gasteiger partial charge in [0.1, 0.15) is 11.4 Å². The number of amides is 2. The van der Waals surface area contributed by atoms with E-state index >= 15 is 0 Å². The summed E-state index contributed by atoms with van der Waals surface area (Å²) in [5.74, 6) is -0.819. The minimum atomic E-state index is -0.858. The van der Waals surface area contributed by atoms with E-state index in [2.05, 4.69) is 15.6 Å². The van der Waals surface area contributed by atoms with Crippen LogP contribution >= 0.6 is 0 Å². The van der Waals surface area contributed by atoms with Crippen molar-refractivity contribution in [3.05, 3.63) is 59.9 Å². The maximum Gasteiger partial charge on any atom is 0.253 e. The predicted octanol–water partition coefficient (Wildman–Crippen LogP) is 3.45. The summed E-state index contributed by atoms with van der Waals surface area (Å²) < 4.78 is 10.7. The van der Waals surface area contributed by atoms with Gasteiger partial charge < -0.3 is 20.1 Å². The van der Waals surface area contributed by atoms with Gasteiger partial charge in [0, 0.05) is 24.7 Å². The molecule has 214 valence electrons. The Kier molecular flexibility index (Phi) is 9.68. The lowest BCUT2D eigenvalue weighted by Crippen LogP contribution is -2.49. The molecular weight excluding hydrogens is 510 g/mol. The fourth-order valence-electron chi connectivity index (χ4n) is 5.30. The number of aromatic nitrogens is 1. The zero-order valence-corrected chi connectivity index (χ0v) is 23.5. The zero-order chi connectivity index (χ0) is 28.7. The van der Waals surface area contributed by atoms with Crippen LogP contribution < -0.4 is 15.4 Å². The molecule has 9 heteroatoms. The quantitative estimate of drug-likeness (QED) is 0.346. The van der Waals surface area contributed by atoms with Gasteiger partial charge in [-0.05, 0) is 62.4 Å². The lowest BCUT2D eigenvalue weighted by Gasteiger charge is -2.26. The molecule has 9 nitrogen and oxygen atoms in total. The van der Waals surface area contributed by atoms with Crippen molar-refractivity contribution < 1.29 is 28.7 Å². The van der Waals surface area contributed by atoms with Gasteiger partial charge in [0.15, 0.2) is 11.6 Å². The summed E-state index contributed by atoms with van der Waals surface area (Å²) in [7, 11) is 1.58. The Morgan fingerprint density at radius 1 is 1.10 bits per heavy atom. The van der Waals surface area contributed by atoms with Crippen LogP contribution in [0.4, 0.5) is 0 Å². The third-order valence-electron chi connectivity index (χ3n) is 7.99. The smallest absolute Gasteiger partial charge is 0.253 e. The van der Waals surface area contributed by atoms with Crippen LogP contribution in [-0.4, -0.2) is 59.8 Å². The highest BCUT2D eigenvalue weighted by atomic mass is 16.6. The van der Waals surface area contributed by atoms with Crippen molar-refractivity contribution in [1.82, 2.24) is 15.6 Å². The molecule has 4 atom stereocenters. The van der Waals surface area contributed by atoms with Crippen molar-refractivity contribution in [2.75, 3.05) is 13.7 Å². The first-order valence-electron chi connectivity index (χ1n) is 14.0. The Labute approximate surface area is 235 Å². The maximum atomic E-state index is 13.7. The summed E-state index contributed by atoms with van der Waals surface area (Å²) in [6.07, 6.45) is 8.11. The van der Waals surface area contributed by atoms with E-state index in [1.54, 1.807) is 51.4 Å². The van der Waals surface area contributed by atoms with E-state index < -0.39 is 29.5 Å². The van der Waals surface area contributed by atoms with E-state index in [1.807, 2.05) is 12.1 Å². The minimum Gasteiger partial charge on any atom is -0.497 e. The molecule has 2 aromatic rings. The molecule has 2 amide bonds. The molecule has 40 heavy (non-hydrogen) atoms. The van der Waals surface area contributed by atoms with Crippen LogP contribution in [0.3, 0.4) is 0 Å². The lowest BCUT2D eigenvalue weighted by atomic mass is 9.88. The topological polar surface area (TPSA) is 127 Å². The molecule has 2 fully saturated rings. The average Bonchev–Trinajstić information content (AvgIpc) is 3.50. The van der Waals surface area contributed by atoms with E-state index in [4.69, 9.17) is 9.47 Å². The Morgan fingerprint density at radius 2 is 1.80 bits per heavy atom. The highest BCUT2D eigenvalue weighted by molar-refractivity contribution is 5.99. The number of carbonyl (C=O) groups excluding carboxylic acids is 4. The van der Waals surface area contributed by atoms with Gasteiger partial charge in [0.05, 0.1) is 31.4 Å². The summed E-state index contributed by atoms with van der Waals surface area (Å²) in [5, 5.41) is 5.71. The number of nitrogens with zero attached hydrogens (tertiary/aromatic N) is 1. The number of Topliss-reactive ketones (excluding diaryl/α,β-unsaturated/α-hetero) is 2. The van der Waals surface area contributed by atoms with Crippen LogP contribution in [0.5, 0.6) is 5.75 Å². The minimum absolute atomic E-state index is 0.0928. The Hall–Kier alpha value is -3.59. The Bertz CT molecular complexity index is 1190. The second kappa shape index (κ2) is 13.2. The van der Waals surface area contributed by atoms with Crippen LogP contribution in [-0.2, 0) is 25.5 Å². The molecule has 2 N–H and O–H groups in total. The van der Waals surface area contributed by atoms with E-state index in [0.29, 0.717) is 36.7 Å². The van der Waals surface area contributed by atoms with Gasteiger partial charge in [-0.2, -0.15) is 0 Å². The van der Waals surface area contributed by atoms with Gasteiger partial charge in [-0.3, -0.25) is 24.2 Å². The van der Waals surface area contributed by atoms with Crippen molar-refractivity contribution in [3.8, 4) is 5.75 Å². The van der Waals surface area contributed by atoms with Crippen molar-refractivity contribution in [1.29, 1.82) is 0 Å². The van der Waals surface area contributed by atoms with E-state index in [9.17, 15) is 19.2 Å². The number of ketones is 2. The Balaban J connectivity index is 1.48. The van der Waals surface area contributed by atoms with Gasteiger partial charge in [0.25, 0.3) is 5.91 Å². The number of nitrogens with one attached hydrogen (secondary N) is 2. The normalized spacial score (nSPS) is 20.7. The van der Waals surface area contributed by atoms with Crippen molar-refractivity contribution in [2.45, 2.75) is 76.5 Å². The molecule has 2 heterocycles. The first-order chi connectivity index (χ1) is 19.2. The molecule has 0 spiro atoms. The molecular formula is C31H39N3O6. The number of pyridine rings is 1. The van der Waals surface area contributed by atoms with Crippen LogP contribution in [0.1, 0.15) is 68.3 Å². The first kappa shape index (κ1) is 29.4. The third kappa shape index (κ3) is 7.75. The van der Waals surface area contributed by atoms with Crippen LogP contribution in [0.2, 0.25) is 0 Å². The van der Waals surface area contributed by atoms with Gasteiger partial charge in [-0.15, -0.1) is 0 Å². The number of hydrogen-bond acceptors (Lipinski definition) is 7. The molecule has 1 saturated heterocycles. The summed E-state index contributed by atoms with van der Waals surface area (Å²) in [6.45, 7) is 3.72. The van der Waals surface area contributed by atoms with Crippen LogP contribution in [0.15, 0.2) is 48.8 Å². The van der Waals surface area contributed by atoms with E-state index in [1.165, 1.54) is 6.20 Å². The fourth-order valence-corrected chi connectivity index (χ4v) is 5.30. The van der Waals surface area contributed by atoms with Gasteiger partial charge in [-0.25, -0.2) is 0 Å². The molecule has 1 aromatic heterocycles. The summed E-state index contributed by atoms with van der Waals surface area (Å²) in [5.41, 5.74) is 0.346. The number of methoxy groups -OCH3 is 1. The molecule has 1 saturated carbocycles. The highest BCUT2D eigenvalue weighted by Crippen LogP contribution is 2.34. The predicted molar refractivity (Wildman–Crippen MR) is 149 cm³/mol. The lowest BCUT2D eigenvalue weighted by molar-refractivity contribution is -0.134. The Morgan fingerprint density at radius 3 is 2.40 bits per heavy atom. The number of carbonyl (C=O) groups is 4. The second-order valence-electron chi connectivity index (χ2n) is 11.2. The van der Waals surface area contributed by atoms with E-state index in [-0.39, 0.29) is 23.9 Å². The summed E-state index contributed by atoms with van der Waals surface area (Å²) in [6, 6.07) is 9.11. The van der Waals surface area contributed by atoms with Crippen molar-refractivity contribution in [2.24, 2.45) is 11.8 Å². The molecule has 1 aliphatic carbocycles. The van der Waals surface area contributed by atoms with Crippen LogP contribution in [0, 0.1) is 11.8 Å². The number of hydrogen-bond donors (Lipinski definition) is 2. The number of epoxide rings is 1. The van der Waals surface area contributed by atoms with Crippen molar-refractivity contribution >= 4 is 23.4 Å². The third-order valence-corrected chi connectivity index (χ3v) is 7.99. The monoisotopic (exact) mass is 549 g/mol. The number of benzene rings is 1. The largest absolute Gasteiger partial charge is 0.497 e. The molecule has 0 bridgehead atoms. The van der Waals surface area contributed by atoms with Gasteiger partial charge in [-0.1, -0.05) is 37.8 Å². The number of ether oxygens (including phenoxy) is 2. The van der Waals surface area contributed by atoms with E-state index in [0.717, 1.165) is 31.2 Å². The first-order valence-corrected chi connectivity index (χ1v) is 14.0. The fraction of sp³-hybridized carbons (Fsp3) is 0.516. The summed E-state index contributed by atoms with van der Waals surface area (Å²) >= 11 is 0. The maximum absolute atomic E-state index is 13.7. The SMILES string of the molecule is COc1ccc(CC(CC(=O)C(C)NC(=O)c2cccnc2)C(=O)NC(CC2CCCC2)C(=O)C2(C)CO2)cc1. The number of rotatable bonds is 14. The molecule has 4 unspecified atom stereocenters. The standard InChI is InChI=1S/C31H39N3O6/c1-20(33-29(37)23-9-6-14-32-18-23)27(35)17-24(15-22-10-12-25(39-3)13-11-22)30(38)34-26(16-21-7-4-5-8-21)28(36)31(2)19-40-31/h6,9-14,18,20-21,24,26H,4-5,7-8,15-17,19H2,1-3H3,(H,33,37)(H,34,38). The summed E-state index contributed by atoms with van der Waals surface area (Å²) in [4.78, 5) is 56.8. The molecule has 1 aromatic carbocycles. The van der Waals surface area contributed by atoms with Gasteiger partial charge >= 0.3 is 0 Å². The second-order valence-corrected chi connectivity index (χ2v) is 11.2. The molecule has 4 rings (SSSR count).